The number of unbranched alkanes of at least 4 members (excludes halogenated alkanes) is 12. The Balaban J connectivity index is 3.21. The van der Waals surface area contributed by atoms with Crippen LogP contribution in [-0.2, 0) is 4.79 Å². The second-order valence-corrected chi connectivity index (χ2v) is 8.92. The molecule has 0 saturated heterocycles. The number of nitrogens with one attached hydrogen (secondary N) is 1. The summed E-state index contributed by atoms with van der Waals surface area (Å²) in [5.74, 6) is 0.0283. The fraction of sp³-hybridized carbons (Fsp3) is 0.958. The van der Waals surface area contributed by atoms with Crippen LogP contribution in [0, 0.1) is 5.92 Å². The standard InChI is InChI=1S/C24H50N2O3/c1-23(2)16-14-12-10-8-6-4-3-5-7-9-11-13-15-17-25-18-19-26(20-21-27)22-24(28)29/h23,25,27H,3-22H2,1-2H3,(H,28,29). The Morgan fingerprint density at radius 3 is 1.69 bits per heavy atom. The van der Waals surface area contributed by atoms with E-state index in [1.54, 1.807) is 4.90 Å². The Hall–Kier alpha value is -0.650. The predicted octanol–water partition coefficient (Wildman–Crippen LogP) is 5.07. The average Bonchev–Trinajstić information content (AvgIpc) is 2.66. The van der Waals surface area contributed by atoms with Gasteiger partial charge in [-0.25, -0.2) is 0 Å². The minimum atomic E-state index is -0.837. The van der Waals surface area contributed by atoms with Crippen molar-refractivity contribution in [2.45, 2.75) is 104 Å². The second kappa shape index (κ2) is 22.0. The lowest BCUT2D eigenvalue weighted by atomic mass is 10.0. The highest BCUT2D eigenvalue weighted by Crippen LogP contribution is 2.14. The molecule has 0 fully saturated rings. The first kappa shape index (κ1) is 28.4. The van der Waals surface area contributed by atoms with Crippen LogP contribution >= 0.6 is 0 Å². The van der Waals surface area contributed by atoms with E-state index in [0.717, 1.165) is 19.0 Å². The Morgan fingerprint density at radius 2 is 1.24 bits per heavy atom. The predicted molar refractivity (Wildman–Crippen MR) is 124 cm³/mol. The van der Waals surface area contributed by atoms with Gasteiger partial charge in [0.2, 0.25) is 0 Å². The first-order valence-electron chi connectivity index (χ1n) is 12.3. The van der Waals surface area contributed by atoms with Crippen LogP contribution in [0.3, 0.4) is 0 Å². The Labute approximate surface area is 180 Å². The van der Waals surface area contributed by atoms with Crippen molar-refractivity contribution in [1.29, 1.82) is 0 Å². The number of rotatable bonds is 23. The van der Waals surface area contributed by atoms with Crippen LogP contribution in [0.5, 0.6) is 0 Å². The van der Waals surface area contributed by atoms with Gasteiger partial charge >= 0.3 is 5.97 Å². The lowest BCUT2D eigenvalue weighted by Crippen LogP contribution is -2.37. The normalized spacial score (nSPS) is 11.6. The third-order valence-electron chi connectivity index (χ3n) is 5.51. The van der Waals surface area contributed by atoms with Gasteiger partial charge in [0.05, 0.1) is 13.2 Å². The number of carboxylic acids is 1. The number of hydrogen-bond donors (Lipinski definition) is 3. The maximum Gasteiger partial charge on any atom is 0.317 e. The summed E-state index contributed by atoms with van der Waals surface area (Å²) in [5, 5.41) is 21.2. The van der Waals surface area contributed by atoms with Gasteiger partial charge < -0.3 is 15.5 Å². The molecule has 29 heavy (non-hydrogen) atoms. The molecule has 5 heteroatoms. The summed E-state index contributed by atoms with van der Waals surface area (Å²) >= 11 is 0. The molecule has 0 unspecified atom stereocenters. The zero-order chi connectivity index (χ0) is 21.6. The number of aliphatic hydroxyl groups is 1. The fourth-order valence-corrected chi connectivity index (χ4v) is 3.71. The number of carbonyl (C=O) groups is 1. The highest BCUT2D eigenvalue weighted by Gasteiger charge is 2.07. The summed E-state index contributed by atoms with van der Waals surface area (Å²) in [6, 6.07) is 0. The molecule has 3 N–H and O–H groups in total. The summed E-state index contributed by atoms with van der Waals surface area (Å²) in [4.78, 5) is 12.5. The molecule has 0 amide bonds. The van der Waals surface area contributed by atoms with Gasteiger partial charge in [0.25, 0.3) is 0 Å². The smallest absolute Gasteiger partial charge is 0.317 e. The van der Waals surface area contributed by atoms with Crippen LogP contribution in [0.15, 0.2) is 0 Å². The third kappa shape index (κ3) is 23.5. The van der Waals surface area contributed by atoms with E-state index in [4.69, 9.17) is 10.2 Å². The molecule has 0 aromatic heterocycles. The van der Waals surface area contributed by atoms with Crippen molar-refractivity contribution in [1.82, 2.24) is 10.2 Å². The number of aliphatic hydroxyl groups excluding tert-OH is 1. The van der Waals surface area contributed by atoms with Gasteiger partial charge in [-0.3, -0.25) is 9.69 Å². The summed E-state index contributed by atoms with van der Waals surface area (Å²) in [7, 11) is 0. The molecule has 0 spiro atoms. The van der Waals surface area contributed by atoms with Gasteiger partial charge in [-0.1, -0.05) is 97.3 Å². The van der Waals surface area contributed by atoms with Crippen LogP contribution < -0.4 is 5.32 Å². The van der Waals surface area contributed by atoms with Gasteiger partial charge in [-0.2, -0.15) is 0 Å². The van der Waals surface area contributed by atoms with Crippen LogP contribution in [-0.4, -0.2) is 60.4 Å². The van der Waals surface area contributed by atoms with Gasteiger partial charge in [0.15, 0.2) is 0 Å². The molecule has 0 bridgehead atoms. The number of nitrogens with zero attached hydrogens (tertiary/aromatic N) is 1. The highest BCUT2D eigenvalue weighted by molar-refractivity contribution is 5.69. The molecule has 174 valence electrons. The molecule has 5 nitrogen and oxygen atoms in total. The number of carboxylic acid groups (broad SMARTS) is 1. The maximum absolute atomic E-state index is 10.7. The Bertz CT molecular complexity index is 351. The van der Waals surface area contributed by atoms with Gasteiger partial charge in [0, 0.05) is 19.6 Å². The van der Waals surface area contributed by atoms with E-state index in [-0.39, 0.29) is 13.2 Å². The molecular formula is C24H50N2O3. The first-order valence-corrected chi connectivity index (χ1v) is 12.3. The molecule has 0 aromatic carbocycles. The highest BCUT2D eigenvalue weighted by atomic mass is 16.4. The minimum Gasteiger partial charge on any atom is -0.480 e. The maximum atomic E-state index is 10.7. The quantitative estimate of drug-likeness (QED) is 0.204. The van der Waals surface area contributed by atoms with Crippen LogP contribution in [0.2, 0.25) is 0 Å². The van der Waals surface area contributed by atoms with Crippen molar-refractivity contribution in [3.05, 3.63) is 0 Å². The summed E-state index contributed by atoms with van der Waals surface area (Å²) < 4.78 is 0. The van der Waals surface area contributed by atoms with E-state index in [2.05, 4.69) is 19.2 Å². The van der Waals surface area contributed by atoms with Gasteiger partial charge in [-0.15, -0.1) is 0 Å². The number of aliphatic carboxylic acids is 1. The SMILES string of the molecule is CC(C)CCCCCCCCCCCCCCCNCCN(CCO)CC(=O)O. The van der Waals surface area contributed by atoms with E-state index in [1.807, 2.05) is 0 Å². The van der Waals surface area contributed by atoms with E-state index in [9.17, 15) is 4.79 Å². The fourth-order valence-electron chi connectivity index (χ4n) is 3.71. The van der Waals surface area contributed by atoms with E-state index in [1.165, 1.54) is 89.9 Å². The van der Waals surface area contributed by atoms with Crippen molar-refractivity contribution in [3.8, 4) is 0 Å². The zero-order valence-electron chi connectivity index (χ0n) is 19.5. The van der Waals surface area contributed by atoms with Crippen molar-refractivity contribution >= 4 is 5.97 Å². The topological polar surface area (TPSA) is 72.8 Å². The van der Waals surface area contributed by atoms with Crippen molar-refractivity contribution in [2.24, 2.45) is 5.92 Å². The summed E-state index contributed by atoms with van der Waals surface area (Å²) in [6.07, 6.45) is 19.3. The Morgan fingerprint density at radius 1 is 0.759 bits per heavy atom. The molecular weight excluding hydrogens is 364 g/mol. The molecule has 0 atom stereocenters. The molecule has 0 aliphatic heterocycles. The molecule has 0 aliphatic carbocycles. The van der Waals surface area contributed by atoms with Crippen molar-refractivity contribution in [2.75, 3.05) is 39.3 Å². The zero-order valence-corrected chi connectivity index (χ0v) is 19.5. The lowest BCUT2D eigenvalue weighted by Gasteiger charge is -2.19. The second-order valence-electron chi connectivity index (χ2n) is 8.92. The lowest BCUT2D eigenvalue weighted by molar-refractivity contribution is -0.138. The molecule has 0 saturated carbocycles. The minimum absolute atomic E-state index is 0.000534. The Kier molecular flexibility index (Phi) is 21.6. The van der Waals surface area contributed by atoms with Crippen LogP contribution in [0.1, 0.15) is 104 Å². The van der Waals surface area contributed by atoms with E-state index >= 15 is 0 Å². The van der Waals surface area contributed by atoms with Crippen LogP contribution in [0.4, 0.5) is 0 Å². The molecule has 0 radical (unpaired) electrons. The van der Waals surface area contributed by atoms with Crippen molar-refractivity contribution < 1.29 is 15.0 Å². The first-order chi connectivity index (χ1) is 14.1. The molecule has 0 aliphatic rings. The third-order valence-corrected chi connectivity index (χ3v) is 5.51. The summed E-state index contributed by atoms with van der Waals surface area (Å²) in [6.45, 7) is 7.52. The molecule has 0 heterocycles. The van der Waals surface area contributed by atoms with E-state index in [0.29, 0.717) is 13.1 Å². The van der Waals surface area contributed by atoms with Gasteiger partial charge in [-0.05, 0) is 18.9 Å². The number of hydrogen-bond acceptors (Lipinski definition) is 4. The monoisotopic (exact) mass is 414 g/mol. The largest absolute Gasteiger partial charge is 0.480 e. The summed E-state index contributed by atoms with van der Waals surface area (Å²) in [5.41, 5.74) is 0. The molecule has 0 rings (SSSR count). The van der Waals surface area contributed by atoms with E-state index < -0.39 is 5.97 Å². The van der Waals surface area contributed by atoms with Crippen LogP contribution in [0.25, 0.3) is 0 Å². The van der Waals surface area contributed by atoms with Gasteiger partial charge in [0.1, 0.15) is 0 Å². The molecule has 0 aromatic rings. The van der Waals surface area contributed by atoms with Crippen molar-refractivity contribution in [3.63, 3.8) is 0 Å². The average molecular weight is 415 g/mol.